The van der Waals surface area contributed by atoms with Gasteiger partial charge in [0.05, 0.1) is 14.2 Å². The predicted octanol–water partition coefficient (Wildman–Crippen LogP) is 4.67. The van der Waals surface area contributed by atoms with Crippen LogP contribution in [-0.2, 0) is 13.0 Å². The van der Waals surface area contributed by atoms with Crippen molar-refractivity contribution in [2.24, 2.45) is 0 Å². The van der Waals surface area contributed by atoms with E-state index in [2.05, 4.69) is 49.2 Å². The first kappa shape index (κ1) is 18.1. The van der Waals surface area contributed by atoms with Crippen LogP contribution in [0.15, 0.2) is 55.1 Å². The van der Waals surface area contributed by atoms with Crippen LogP contribution in [0.4, 0.5) is 0 Å². The summed E-state index contributed by atoms with van der Waals surface area (Å²) in [5.74, 6) is 1.55. The molecule has 3 heteroatoms. The Hall–Kier alpha value is -2.26. The second-order valence-electron chi connectivity index (χ2n) is 5.74. The van der Waals surface area contributed by atoms with E-state index in [1.165, 1.54) is 11.1 Å². The van der Waals surface area contributed by atoms with E-state index < -0.39 is 0 Å². The van der Waals surface area contributed by atoms with Crippen LogP contribution < -0.4 is 14.8 Å². The van der Waals surface area contributed by atoms with Gasteiger partial charge in [0.2, 0.25) is 0 Å². The minimum atomic E-state index is 0.335. The van der Waals surface area contributed by atoms with Crippen LogP contribution in [0.25, 0.3) is 0 Å². The van der Waals surface area contributed by atoms with Crippen molar-refractivity contribution in [1.82, 2.24) is 5.32 Å². The van der Waals surface area contributed by atoms with Gasteiger partial charge in [0.25, 0.3) is 0 Å². The second-order valence-corrected chi connectivity index (χ2v) is 5.74. The molecule has 0 bridgehead atoms. The number of allylic oxidation sites excluding steroid dienone is 1. The lowest BCUT2D eigenvalue weighted by molar-refractivity contribution is 0.351. The van der Waals surface area contributed by atoms with Crippen molar-refractivity contribution in [3.8, 4) is 11.5 Å². The van der Waals surface area contributed by atoms with Gasteiger partial charge in [-0.05, 0) is 30.0 Å². The lowest BCUT2D eigenvalue weighted by Crippen LogP contribution is -2.20. The minimum Gasteiger partial charge on any atom is -0.493 e. The molecule has 0 amide bonds. The molecule has 1 unspecified atom stereocenters. The van der Waals surface area contributed by atoms with E-state index >= 15 is 0 Å². The zero-order valence-electron chi connectivity index (χ0n) is 14.8. The Morgan fingerprint density at radius 1 is 1.12 bits per heavy atom. The highest BCUT2D eigenvalue weighted by atomic mass is 16.5. The van der Waals surface area contributed by atoms with E-state index in [4.69, 9.17) is 9.47 Å². The van der Waals surface area contributed by atoms with Crippen molar-refractivity contribution >= 4 is 0 Å². The van der Waals surface area contributed by atoms with Crippen LogP contribution in [-0.4, -0.2) is 14.2 Å². The Kier molecular flexibility index (Phi) is 6.89. The Morgan fingerprint density at radius 3 is 2.46 bits per heavy atom. The van der Waals surface area contributed by atoms with Crippen LogP contribution in [0.2, 0.25) is 0 Å². The topological polar surface area (TPSA) is 30.5 Å². The molecule has 0 aromatic heterocycles. The lowest BCUT2D eigenvalue weighted by atomic mass is 10.0. The molecule has 0 radical (unpaired) electrons. The normalized spacial score (nSPS) is 11.8. The highest BCUT2D eigenvalue weighted by Gasteiger charge is 2.13. The lowest BCUT2D eigenvalue weighted by Gasteiger charge is -2.19. The molecule has 2 aromatic carbocycles. The van der Waals surface area contributed by atoms with Crippen molar-refractivity contribution in [2.75, 3.05) is 14.2 Å². The third-order valence-corrected chi connectivity index (χ3v) is 4.14. The van der Waals surface area contributed by atoms with Gasteiger partial charge in [0.1, 0.15) is 0 Å². The number of benzene rings is 2. The smallest absolute Gasteiger partial charge is 0.164 e. The fourth-order valence-corrected chi connectivity index (χ4v) is 2.94. The van der Waals surface area contributed by atoms with E-state index in [0.717, 1.165) is 36.4 Å². The molecule has 3 nitrogen and oxygen atoms in total. The van der Waals surface area contributed by atoms with E-state index in [-0.39, 0.29) is 0 Å². The maximum atomic E-state index is 5.50. The van der Waals surface area contributed by atoms with E-state index in [1.54, 1.807) is 14.2 Å². The van der Waals surface area contributed by atoms with Crippen LogP contribution in [0.1, 0.15) is 36.1 Å². The SMILES string of the molecule is C=CCc1cc(CNC(CC)c2ccccc2)cc(OC)c1OC. The summed E-state index contributed by atoms with van der Waals surface area (Å²) >= 11 is 0. The highest BCUT2D eigenvalue weighted by Crippen LogP contribution is 2.33. The van der Waals surface area contributed by atoms with E-state index in [9.17, 15) is 0 Å². The molecule has 2 rings (SSSR count). The van der Waals surface area contributed by atoms with Gasteiger partial charge in [-0.3, -0.25) is 0 Å². The number of nitrogens with one attached hydrogen (secondary N) is 1. The summed E-state index contributed by atoms with van der Waals surface area (Å²) in [6, 6.07) is 15.1. The Morgan fingerprint density at radius 2 is 1.88 bits per heavy atom. The number of rotatable bonds is 9. The number of ether oxygens (including phenoxy) is 2. The first-order valence-corrected chi connectivity index (χ1v) is 8.36. The first-order chi connectivity index (χ1) is 11.7. The molecule has 2 aromatic rings. The molecule has 24 heavy (non-hydrogen) atoms. The van der Waals surface area contributed by atoms with Gasteiger partial charge < -0.3 is 14.8 Å². The van der Waals surface area contributed by atoms with Crippen LogP contribution in [0.5, 0.6) is 11.5 Å². The van der Waals surface area contributed by atoms with E-state index in [1.807, 2.05) is 18.2 Å². The molecule has 128 valence electrons. The molecule has 0 aliphatic carbocycles. The molecule has 1 N–H and O–H groups in total. The Bertz CT molecular complexity index is 652. The van der Waals surface area contributed by atoms with Gasteiger partial charge in [0, 0.05) is 18.2 Å². The first-order valence-electron chi connectivity index (χ1n) is 8.36. The van der Waals surface area contributed by atoms with E-state index in [0.29, 0.717) is 6.04 Å². The average molecular weight is 325 g/mol. The fourth-order valence-electron chi connectivity index (χ4n) is 2.94. The fraction of sp³-hybridized carbons (Fsp3) is 0.333. The summed E-state index contributed by atoms with van der Waals surface area (Å²) < 4.78 is 11.0. The number of hydrogen-bond acceptors (Lipinski definition) is 3. The summed E-state index contributed by atoms with van der Waals surface area (Å²) in [6.07, 6.45) is 3.67. The summed E-state index contributed by atoms with van der Waals surface area (Å²) in [5, 5.41) is 3.64. The van der Waals surface area contributed by atoms with Crippen molar-refractivity contribution < 1.29 is 9.47 Å². The van der Waals surface area contributed by atoms with Gasteiger partial charge in [0.15, 0.2) is 11.5 Å². The van der Waals surface area contributed by atoms with Crippen molar-refractivity contribution in [1.29, 1.82) is 0 Å². The minimum absolute atomic E-state index is 0.335. The third kappa shape index (κ3) is 4.39. The highest BCUT2D eigenvalue weighted by molar-refractivity contribution is 5.50. The molecule has 0 fully saturated rings. The van der Waals surface area contributed by atoms with Crippen LogP contribution >= 0.6 is 0 Å². The van der Waals surface area contributed by atoms with Gasteiger partial charge >= 0.3 is 0 Å². The molecule has 0 spiro atoms. The molecule has 1 atom stereocenters. The monoisotopic (exact) mass is 325 g/mol. The van der Waals surface area contributed by atoms with Gasteiger partial charge in [-0.2, -0.15) is 0 Å². The zero-order chi connectivity index (χ0) is 17.4. The molecule has 0 saturated heterocycles. The van der Waals surface area contributed by atoms with Gasteiger partial charge in [-0.1, -0.05) is 49.4 Å². The molecule has 0 heterocycles. The summed E-state index contributed by atoms with van der Waals surface area (Å²) in [7, 11) is 3.34. The van der Waals surface area contributed by atoms with Crippen molar-refractivity contribution in [3.05, 3.63) is 71.8 Å². The van der Waals surface area contributed by atoms with Crippen molar-refractivity contribution in [2.45, 2.75) is 32.4 Å². The molecule has 0 aliphatic rings. The largest absolute Gasteiger partial charge is 0.493 e. The standard InChI is InChI=1S/C21H27NO2/c1-5-10-18-13-16(14-20(23-3)21(18)24-4)15-22-19(6-2)17-11-8-7-9-12-17/h5,7-9,11-14,19,22H,1,6,10,15H2,2-4H3. The van der Waals surface area contributed by atoms with Crippen molar-refractivity contribution in [3.63, 3.8) is 0 Å². The molecular formula is C21H27NO2. The number of hydrogen-bond donors (Lipinski definition) is 1. The second kappa shape index (κ2) is 9.14. The van der Waals surface area contributed by atoms with Gasteiger partial charge in [-0.25, -0.2) is 0 Å². The predicted molar refractivity (Wildman–Crippen MR) is 99.8 cm³/mol. The van der Waals surface area contributed by atoms with Gasteiger partial charge in [-0.15, -0.1) is 6.58 Å². The maximum absolute atomic E-state index is 5.50. The molecule has 0 aliphatic heterocycles. The van der Waals surface area contributed by atoms with Crippen LogP contribution in [0, 0.1) is 0 Å². The Balaban J connectivity index is 2.19. The quantitative estimate of drug-likeness (QED) is 0.679. The average Bonchev–Trinajstić information content (AvgIpc) is 2.63. The number of methoxy groups -OCH3 is 2. The molecule has 0 saturated carbocycles. The Labute approximate surface area is 145 Å². The third-order valence-electron chi connectivity index (χ3n) is 4.14. The van der Waals surface area contributed by atoms with Crippen LogP contribution in [0.3, 0.4) is 0 Å². The summed E-state index contributed by atoms with van der Waals surface area (Å²) in [6.45, 7) is 6.80. The molecular weight excluding hydrogens is 298 g/mol. The summed E-state index contributed by atoms with van der Waals surface area (Å²) in [4.78, 5) is 0. The zero-order valence-corrected chi connectivity index (χ0v) is 14.8. The maximum Gasteiger partial charge on any atom is 0.164 e. The summed E-state index contributed by atoms with van der Waals surface area (Å²) in [5.41, 5.74) is 3.59.